The van der Waals surface area contributed by atoms with Gasteiger partial charge in [-0.1, -0.05) is 0 Å². The molecule has 0 spiro atoms. The Bertz CT molecular complexity index is 405. The molecule has 0 aromatic carbocycles. The van der Waals surface area contributed by atoms with Gasteiger partial charge in [-0.2, -0.15) is 13.2 Å². The van der Waals surface area contributed by atoms with Crippen molar-refractivity contribution in [1.29, 1.82) is 0 Å². The Labute approximate surface area is 93.1 Å². The molecule has 96 valence electrons. The molecule has 17 heavy (non-hydrogen) atoms. The lowest BCUT2D eigenvalue weighted by atomic mass is 10.0. The van der Waals surface area contributed by atoms with Gasteiger partial charge >= 0.3 is 6.18 Å². The van der Waals surface area contributed by atoms with Crippen LogP contribution in [-0.4, -0.2) is 10.1 Å². The first-order valence-electron chi connectivity index (χ1n) is 4.49. The Balaban J connectivity index is 3.49. The largest absolute Gasteiger partial charge is 0.433 e. The predicted octanol–water partition coefficient (Wildman–Crippen LogP) is 1.99. The van der Waals surface area contributed by atoms with Crippen molar-refractivity contribution in [2.45, 2.75) is 25.8 Å². The van der Waals surface area contributed by atoms with E-state index in [0.29, 0.717) is 6.20 Å². The van der Waals surface area contributed by atoms with E-state index in [-0.39, 0.29) is 0 Å². The Morgan fingerprint density at radius 1 is 1.29 bits per heavy atom. The van der Waals surface area contributed by atoms with E-state index in [1.807, 2.05) is 0 Å². The minimum absolute atomic E-state index is 0.415. The number of hydrogen-bond acceptors (Lipinski definition) is 3. The predicted molar refractivity (Wildman–Crippen MR) is 48.0 cm³/mol. The lowest BCUT2D eigenvalue weighted by Gasteiger charge is -2.16. The second-order valence-corrected chi connectivity index (χ2v) is 3.18. The van der Waals surface area contributed by atoms with Crippen LogP contribution in [0.15, 0.2) is 6.20 Å². The zero-order valence-electron chi connectivity index (χ0n) is 8.43. The summed E-state index contributed by atoms with van der Waals surface area (Å²) in [4.78, 5) is 2.95. The van der Waals surface area contributed by atoms with Crippen LogP contribution in [0.25, 0.3) is 0 Å². The number of hydrogen-bond donors (Lipinski definition) is 2. The Morgan fingerprint density at radius 2 is 1.88 bits per heavy atom. The summed E-state index contributed by atoms with van der Waals surface area (Å²) in [5.74, 6) is 0. The van der Waals surface area contributed by atoms with Crippen LogP contribution in [-0.2, 0) is 19.3 Å². The van der Waals surface area contributed by atoms with Crippen molar-refractivity contribution in [2.75, 3.05) is 0 Å². The van der Waals surface area contributed by atoms with Crippen LogP contribution in [0.4, 0.5) is 22.0 Å². The number of rotatable bonds is 3. The maximum absolute atomic E-state index is 12.5. The summed E-state index contributed by atoms with van der Waals surface area (Å²) in [6, 6.07) is 0. The summed E-state index contributed by atoms with van der Waals surface area (Å²) in [5.41, 5.74) is 1.91. The Hall–Kier alpha value is -1.28. The fourth-order valence-electron chi connectivity index (χ4n) is 1.45. The first kappa shape index (κ1) is 13.8. The van der Waals surface area contributed by atoms with Gasteiger partial charge in [-0.05, 0) is 5.56 Å². The third-order valence-corrected chi connectivity index (χ3v) is 2.20. The minimum atomic E-state index is -4.79. The van der Waals surface area contributed by atoms with Crippen molar-refractivity contribution in [1.82, 2.24) is 4.98 Å². The quantitative estimate of drug-likeness (QED) is 0.813. The number of halogens is 5. The van der Waals surface area contributed by atoms with Crippen molar-refractivity contribution < 1.29 is 27.1 Å². The lowest BCUT2D eigenvalue weighted by Crippen LogP contribution is -2.18. The molecule has 0 radical (unpaired) electrons. The van der Waals surface area contributed by atoms with Gasteiger partial charge < -0.3 is 10.8 Å². The van der Waals surface area contributed by atoms with E-state index in [1.54, 1.807) is 0 Å². The smallest absolute Gasteiger partial charge is 0.392 e. The molecule has 0 bridgehead atoms. The van der Waals surface area contributed by atoms with Crippen LogP contribution < -0.4 is 5.73 Å². The molecule has 0 aliphatic carbocycles. The lowest BCUT2D eigenvalue weighted by molar-refractivity contribution is -0.142. The van der Waals surface area contributed by atoms with Gasteiger partial charge in [-0.15, -0.1) is 0 Å². The molecule has 8 heteroatoms. The normalized spacial score (nSPS) is 12.2. The minimum Gasteiger partial charge on any atom is -0.392 e. The van der Waals surface area contributed by atoms with E-state index in [1.165, 1.54) is 0 Å². The molecule has 0 atom stereocenters. The van der Waals surface area contributed by atoms with E-state index in [9.17, 15) is 22.0 Å². The van der Waals surface area contributed by atoms with Crippen molar-refractivity contribution in [3.63, 3.8) is 0 Å². The van der Waals surface area contributed by atoms with Crippen LogP contribution in [0.1, 0.15) is 28.8 Å². The van der Waals surface area contributed by atoms with Gasteiger partial charge in [-0.3, -0.25) is 4.98 Å². The Kier molecular flexibility index (Phi) is 3.99. The first-order valence-corrected chi connectivity index (χ1v) is 4.49. The maximum Gasteiger partial charge on any atom is 0.433 e. The number of nitrogens with zero attached hydrogens (tertiary/aromatic N) is 1. The van der Waals surface area contributed by atoms with Gasteiger partial charge in [0.25, 0.3) is 6.43 Å². The number of aliphatic hydroxyl groups excluding tert-OH is 1. The van der Waals surface area contributed by atoms with Crippen LogP contribution in [0.5, 0.6) is 0 Å². The highest BCUT2D eigenvalue weighted by Crippen LogP contribution is 2.34. The second kappa shape index (κ2) is 4.92. The molecule has 1 rings (SSSR count). The molecule has 0 fully saturated rings. The van der Waals surface area contributed by atoms with Gasteiger partial charge in [0.05, 0.1) is 6.61 Å². The SMILES string of the molecule is NCc1c(C(F)(F)F)ncc(C(F)F)c1CO. The van der Waals surface area contributed by atoms with E-state index in [0.717, 1.165) is 0 Å². The molecule has 0 aliphatic heterocycles. The molecule has 3 N–H and O–H groups in total. The van der Waals surface area contributed by atoms with E-state index in [2.05, 4.69) is 4.98 Å². The Morgan fingerprint density at radius 3 is 2.24 bits per heavy atom. The molecular formula is C9H9F5N2O. The fraction of sp³-hybridized carbons (Fsp3) is 0.444. The third-order valence-electron chi connectivity index (χ3n) is 2.20. The number of nitrogens with two attached hydrogens (primary N) is 1. The van der Waals surface area contributed by atoms with E-state index in [4.69, 9.17) is 10.8 Å². The third kappa shape index (κ3) is 2.70. The second-order valence-electron chi connectivity index (χ2n) is 3.18. The van der Waals surface area contributed by atoms with Crippen LogP contribution in [0.2, 0.25) is 0 Å². The van der Waals surface area contributed by atoms with Crippen LogP contribution in [0, 0.1) is 0 Å². The topological polar surface area (TPSA) is 59.1 Å². The van der Waals surface area contributed by atoms with Gasteiger partial charge in [0.15, 0.2) is 0 Å². The molecule has 0 amide bonds. The zero-order valence-corrected chi connectivity index (χ0v) is 8.43. The number of aliphatic hydroxyl groups is 1. The first-order chi connectivity index (χ1) is 7.82. The summed E-state index contributed by atoms with van der Waals surface area (Å²) < 4.78 is 62.5. The highest BCUT2D eigenvalue weighted by Gasteiger charge is 2.37. The maximum atomic E-state index is 12.5. The summed E-state index contributed by atoms with van der Waals surface area (Å²) >= 11 is 0. The van der Waals surface area contributed by atoms with Crippen LogP contribution >= 0.6 is 0 Å². The molecule has 1 aromatic rings. The number of pyridine rings is 1. The van der Waals surface area contributed by atoms with Crippen LogP contribution in [0.3, 0.4) is 0 Å². The van der Waals surface area contributed by atoms with E-state index >= 15 is 0 Å². The van der Waals surface area contributed by atoms with Gasteiger partial charge in [0.2, 0.25) is 0 Å². The summed E-state index contributed by atoms with van der Waals surface area (Å²) in [6.45, 7) is -1.57. The number of alkyl halides is 5. The van der Waals surface area contributed by atoms with E-state index < -0.39 is 48.1 Å². The monoisotopic (exact) mass is 256 g/mol. The van der Waals surface area contributed by atoms with Crippen molar-refractivity contribution in [3.8, 4) is 0 Å². The van der Waals surface area contributed by atoms with Crippen molar-refractivity contribution in [2.24, 2.45) is 5.73 Å². The molecule has 0 saturated heterocycles. The molecule has 1 aromatic heterocycles. The van der Waals surface area contributed by atoms with Gasteiger partial charge in [-0.25, -0.2) is 8.78 Å². The van der Waals surface area contributed by atoms with Crippen molar-refractivity contribution in [3.05, 3.63) is 28.6 Å². The molecule has 1 heterocycles. The summed E-state index contributed by atoms with van der Waals surface area (Å²) in [7, 11) is 0. The van der Waals surface area contributed by atoms with Gasteiger partial charge in [0, 0.05) is 23.9 Å². The molecular weight excluding hydrogens is 247 g/mol. The molecule has 0 unspecified atom stereocenters. The van der Waals surface area contributed by atoms with Gasteiger partial charge in [0.1, 0.15) is 5.69 Å². The highest BCUT2D eigenvalue weighted by atomic mass is 19.4. The average molecular weight is 256 g/mol. The highest BCUT2D eigenvalue weighted by molar-refractivity contribution is 5.38. The molecule has 3 nitrogen and oxygen atoms in total. The molecule has 0 saturated carbocycles. The molecule has 0 aliphatic rings. The van der Waals surface area contributed by atoms with Crippen molar-refractivity contribution >= 4 is 0 Å². The summed E-state index contributed by atoms with van der Waals surface area (Å²) in [6.07, 6.45) is -7.39. The summed E-state index contributed by atoms with van der Waals surface area (Å²) in [5, 5.41) is 8.89. The fourth-order valence-corrected chi connectivity index (χ4v) is 1.45. The standard InChI is InChI=1S/C9H9F5N2O/c10-8(11)5-2-16-7(9(12,13)14)4(1-15)6(5)3-17/h2,8,17H,1,3,15H2. The average Bonchev–Trinajstić information content (AvgIpc) is 2.25. The zero-order chi connectivity index (χ0) is 13.2. The number of aromatic nitrogens is 1.